The molecule has 0 amide bonds. The van der Waals surface area contributed by atoms with E-state index < -0.39 is 8.07 Å². The Morgan fingerprint density at radius 1 is 1.03 bits per heavy atom. The van der Waals surface area contributed by atoms with Crippen molar-refractivity contribution in [3.63, 3.8) is 0 Å². The summed E-state index contributed by atoms with van der Waals surface area (Å²) in [6.07, 6.45) is 3.26. The van der Waals surface area contributed by atoms with Crippen molar-refractivity contribution in [1.82, 2.24) is 19.1 Å². The predicted molar refractivity (Wildman–Crippen MR) is 134 cm³/mol. The van der Waals surface area contributed by atoms with E-state index in [4.69, 9.17) is 21.1 Å². The van der Waals surface area contributed by atoms with Crippen LogP contribution in [0.3, 0.4) is 0 Å². The van der Waals surface area contributed by atoms with Gasteiger partial charge in [-0.2, -0.15) is 0 Å². The quantitative estimate of drug-likeness (QED) is 0.261. The third-order valence-corrected chi connectivity index (χ3v) is 7.29. The minimum Gasteiger partial charge on any atom is -0.497 e. The molecule has 0 unspecified atom stereocenters. The minimum absolute atomic E-state index is 0.201. The molecule has 3 heterocycles. The number of hydrogen-bond donors (Lipinski definition) is 0. The maximum absolute atomic E-state index is 13.7. The lowest BCUT2D eigenvalue weighted by Gasteiger charge is -2.16. The largest absolute Gasteiger partial charge is 0.497 e. The van der Waals surface area contributed by atoms with E-state index in [-0.39, 0.29) is 5.69 Å². The molecular formula is C24H27ClN4O3Si. The second-order valence-electron chi connectivity index (χ2n) is 9.03. The Balaban J connectivity index is 1.84. The molecule has 172 valence electrons. The van der Waals surface area contributed by atoms with Crippen LogP contribution >= 0.6 is 11.6 Å². The number of ether oxygens (including phenoxy) is 2. The van der Waals surface area contributed by atoms with Crippen molar-refractivity contribution >= 4 is 30.7 Å². The van der Waals surface area contributed by atoms with Gasteiger partial charge in [-0.05, 0) is 41.9 Å². The number of imidazole rings is 1. The number of rotatable bonds is 8. The van der Waals surface area contributed by atoms with Gasteiger partial charge in [0.2, 0.25) is 5.88 Å². The lowest BCUT2D eigenvalue weighted by atomic mass is 10.2. The van der Waals surface area contributed by atoms with Crippen molar-refractivity contribution in [1.29, 1.82) is 0 Å². The summed E-state index contributed by atoms with van der Waals surface area (Å²) in [6, 6.07) is 13.9. The summed E-state index contributed by atoms with van der Waals surface area (Å²) in [4.78, 5) is 22.3. The zero-order chi connectivity index (χ0) is 23.6. The fourth-order valence-corrected chi connectivity index (χ4v) is 4.37. The highest BCUT2D eigenvalue weighted by atomic mass is 35.5. The number of pyridine rings is 2. The molecule has 0 atom stereocenters. The summed E-state index contributed by atoms with van der Waals surface area (Å²) < 4.78 is 14.7. The standard InChI is InChI=1S/C24H27ClN4O3Si/c1-31-19-8-5-17(6-9-19)16-28-22-20(11-12-26-23(22)32-13-14-33(2,3)4)29(24(28)30)18-7-10-21(25)27-15-18/h5-12,15H,13-14,16H2,1-4H3. The average Bonchev–Trinajstić information content (AvgIpc) is 3.06. The molecule has 9 heteroatoms. The molecule has 4 rings (SSSR count). The van der Waals surface area contributed by atoms with Gasteiger partial charge in [0.1, 0.15) is 16.4 Å². The van der Waals surface area contributed by atoms with Gasteiger partial charge in [-0.15, -0.1) is 0 Å². The number of hydrogen-bond acceptors (Lipinski definition) is 5. The molecule has 0 N–H and O–H groups in total. The zero-order valence-corrected chi connectivity index (χ0v) is 21.0. The molecule has 0 aliphatic rings. The van der Waals surface area contributed by atoms with Crippen molar-refractivity contribution in [3.8, 4) is 17.3 Å². The molecule has 4 aromatic rings. The number of methoxy groups -OCH3 is 1. The van der Waals surface area contributed by atoms with Gasteiger partial charge in [-0.25, -0.2) is 14.8 Å². The summed E-state index contributed by atoms with van der Waals surface area (Å²) in [5, 5.41) is 0.366. The number of aromatic nitrogens is 4. The third kappa shape index (κ3) is 5.12. The Kier molecular flexibility index (Phi) is 6.58. The normalized spacial score (nSPS) is 11.7. The van der Waals surface area contributed by atoms with Crippen LogP contribution in [0.15, 0.2) is 59.7 Å². The van der Waals surface area contributed by atoms with Crippen LogP contribution in [0.5, 0.6) is 11.6 Å². The number of halogens is 1. The Morgan fingerprint density at radius 2 is 1.79 bits per heavy atom. The lowest BCUT2D eigenvalue weighted by Crippen LogP contribution is -2.24. The molecule has 0 spiro atoms. The van der Waals surface area contributed by atoms with Crippen LogP contribution in [-0.4, -0.2) is 40.9 Å². The Morgan fingerprint density at radius 3 is 2.42 bits per heavy atom. The third-order valence-electron chi connectivity index (χ3n) is 5.36. The maximum atomic E-state index is 13.7. The van der Waals surface area contributed by atoms with Crippen LogP contribution < -0.4 is 15.2 Å². The average molecular weight is 483 g/mol. The Hall–Kier alpha value is -3.10. The smallest absolute Gasteiger partial charge is 0.334 e. The van der Waals surface area contributed by atoms with Crippen LogP contribution in [0.4, 0.5) is 0 Å². The first-order valence-corrected chi connectivity index (χ1v) is 14.8. The van der Waals surface area contributed by atoms with Crippen LogP contribution in [0, 0.1) is 0 Å². The molecular weight excluding hydrogens is 456 g/mol. The summed E-state index contributed by atoms with van der Waals surface area (Å²) >= 11 is 5.97. The predicted octanol–water partition coefficient (Wildman–Crippen LogP) is 5.01. The number of benzene rings is 1. The molecule has 7 nitrogen and oxygen atoms in total. The van der Waals surface area contributed by atoms with E-state index in [0.29, 0.717) is 40.9 Å². The second-order valence-corrected chi connectivity index (χ2v) is 15.0. The topological polar surface area (TPSA) is 71.2 Å². The van der Waals surface area contributed by atoms with Gasteiger partial charge in [0.15, 0.2) is 0 Å². The first kappa shape index (κ1) is 23.1. The van der Waals surface area contributed by atoms with Crippen molar-refractivity contribution in [2.24, 2.45) is 0 Å². The fourth-order valence-electron chi connectivity index (χ4n) is 3.55. The van der Waals surface area contributed by atoms with E-state index in [0.717, 1.165) is 17.4 Å². The molecule has 0 bridgehead atoms. The first-order valence-electron chi connectivity index (χ1n) is 10.7. The van der Waals surface area contributed by atoms with Gasteiger partial charge in [-0.1, -0.05) is 43.4 Å². The van der Waals surface area contributed by atoms with Gasteiger partial charge in [0, 0.05) is 14.3 Å². The number of fused-ring (bicyclic) bond motifs is 1. The minimum atomic E-state index is -1.29. The highest BCUT2D eigenvalue weighted by Gasteiger charge is 2.21. The zero-order valence-electron chi connectivity index (χ0n) is 19.2. The molecule has 0 saturated heterocycles. The fraction of sp³-hybridized carbons (Fsp3) is 0.292. The van der Waals surface area contributed by atoms with E-state index >= 15 is 0 Å². The van der Waals surface area contributed by atoms with E-state index in [9.17, 15) is 4.79 Å². The molecule has 0 aliphatic heterocycles. The van der Waals surface area contributed by atoms with Crippen LogP contribution in [-0.2, 0) is 6.54 Å². The number of nitrogens with zero attached hydrogens (tertiary/aromatic N) is 4. The maximum Gasteiger partial charge on any atom is 0.334 e. The molecule has 0 aliphatic carbocycles. The highest BCUT2D eigenvalue weighted by molar-refractivity contribution is 6.76. The van der Waals surface area contributed by atoms with E-state index in [2.05, 4.69) is 29.6 Å². The first-order chi connectivity index (χ1) is 15.8. The molecule has 0 fully saturated rings. The summed E-state index contributed by atoms with van der Waals surface area (Å²) in [7, 11) is 0.343. The Bertz CT molecular complexity index is 1310. The Labute approximate surface area is 198 Å². The molecule has 0 radical (unpaired) electrons. The van der Waals surface area contributed by atoms with Crippen LogP contribution in [0.25, 0.3) is 16.7 Å². The van der Waals surface area contributed by atoms with Gasteiger partial charge in [0.05, 0.1) is 37.7 Å². The highest BCUT2D eigenvalue weighted by Crippen LogP contribution is 2.26. The molecule has 33 heavy (non-hydrogen) atoms. The van der Waals surface area contributed by atoms with Crippen LogP contribution in [0.2, 0.25) is 30.8 Å². The van der Waals surface area contributed by atoms with E-state index in [1.165, 1.54) is 0 Å². The van der Waals surface area contributed by atoms with Gasteiger partial charge >= 0.3 is 5.69 Å². The van der Waals surface area contributed by atoms with Gasteiger partial charge in [0.25, 0.3) is 0 Å². The van der Waals surface area contributed by atoms with E-state index in [1.807, 2.05) is 30.3 Å². The SMILES string of the molecule is COc1ccc(Cn2c(=O)n(-c3ccc(Cl)nc3)c3ccnc(OCC[Si](C)(C)C)c32)cc1. The van der Waals surface area contributed by atoms with Crippen LogP contribution in [0.1, 0.15) is 5.56 Å². The monoisotopic (exact) mass is 482 g/mol. The molecule has 0 saturated carbocycles. The summed E-state index contributed by atoms with van der Waals surface area (Å²) in [5.41, 5.74) is 2.75. The van der Waals surface area contributed by atoms with Gasteiger partial charge < -0.3 is 9.47 Å². The van der Waals surface area contributed by atoms with Gasteiger partial charge in [-0.3, -0.25) is 9.13 Å². The van der Waals surface area contributed by atoms with Crippen molar-refractivity contribution in [2.75, 3.05) is 13.7 Å². The van der Waals surface area contributed by atoms with Crippen molar-refractivity contribution in [2.45, 2.75) is 32.2 Å². The van der Waals surface area contributed by atoms with Crippen molar-refractivity contribution in [3.05, 3.63) is 76.1 Å². The summed E-state index contributed by atoms with van der Waals surface area (Å²) in [6.45, 7) is 7.83. The molecule has 1 aromatic carbocycles. The van der Waals surface area contributed by atoms with Crippen molar-refractivity contribution < 1.29 is 9.47 Å². The summed E-state index contributed by atoms with van der Waals surface area (Å²) in [5.74, 6) is 1.22. The second kappa shape index (κ2) is 9.41. The van der Waals surface area contributed by atoms with E-state index in [1.54, 1.807) is 40.8 Å². The molecule has 3 aromatic heterocycles. The lowest BCUT2D eigenvalue weighted by molar-refractivity contribution is 0.328.